The maximum absolute atomic E-state index is 12.8. The van der Waals surface area contributed by atoms with Gasteiger partial charge in [-0.1, -0.05) is 40.2 Å². The Balaban J connectivity index is 1.60. The fraction of sp³-hybridized carbons (Fsp3) is 0. The van der Waals surface area contributed by atoms with Crippen molar-refractivity contribution >= 4 is 58.2 Å². The summed E-state index contributed by atoms with van der Waals surface area (Å²) in [5.74, 6) is 0. The summed E-state index contributed by atoms with van der Waals surface area (Å²) in [4.78, 5) is 0.866. The summed E-state index contributed by atoms with van der Waals surface area (Å²) >= 11 is 5.43. The molecule has 0 aliphatic carbocycles. The quantitative estimate of drug-likeness (QED) is 0.238. The highest BCUT2D eigenvalue weighted by Gasteiger charge is 2.19. The first-order chi connectivity index (χ1) is 15.2. The van der Waals surface area contributed by atoms with Gasteiger partial charge in [-0.3, -0.25) is 0 Å². The van der Waals surface area contributed by atoms with E-state index < -0.39 is 19.7 Å². The molecule has 0 aromatic heterocycles. The summed E-state index contributed by atoms with van der Waals surface area (Å²) in [5.41, 5.74) is 1.58. The number of hydrogen-bond donors (Lipinski definition) is 0. The van der Waals surface area contributed by atoms with Crippen LogP contribution in [-0.2, 0) is 19.7 Å². The van der Waals surface area contributed by atoms with Crippen LogP contribution in [0, 0.1) is 3.57 Å². The van der Waals surface area contributed by atoms with Gasteiger partial charge in [0.2, 0.25) is 19.7 Å². The van der Waals surface area contributed by atoms with Gasteiger partial charge in [-0.15, -0.1) is 0 Å². The van der Waals surface area contributed by atoms with E-state index in [4.69, 9.17) is 0 Å². The third kappa shape index (κ3) is 4.68. The maximum atomic E-state index is 12.8. The van der Waals surface area contributed by atoms with Crippen molar-refractivity contribution in [2.75, 3.05) is 0 Å². The maximum Gasteiger partial charge on any atom is 0.206 e. The molecule has 0 unspecified atom stereocenters. The Morgan fingerprint density at radius 2 is 0.750 bits per heavy atom. The van der Waals surface area contributed by atoms with Gasteiger partial charge in [0, 0.05) is 8.04 Å². The average Bonchev–Trinajstić information content (AvgIpc) is 2.80. The van der Waals surface area contributed by atoms with E-state index in [1.54, 1.807) is 97.1 Å². The van der Waals surface area contributed by atoms with E-state index in [0.29, 0.717) is 0 Å². The van der Waals surface area contributed by atoms with Crippen LogP contribution in [-0.4, -0.2) is 16.8 Å². The molecule has 0 saturated heterocycles. The van der Waals surface area contributed by atoms with E-state index in [9.17, 15) is 16.8 Å². The zero-order valence-electron chi connectivity index (χ0n) is 16.4. The van der Waals surface area contributed by atoms with Crippen molar-refractivity contribution < 1.29 is 16.8 Å². The molecule has 4 aromatic carbocycles. The molecule has 4 aromatic rings. The number of rotatable bonds is 5. The largest absolute Gasteiger partial charge is 0.219 e. The van der Waals surface area contributed by atoms with Crippen LogP contribution in [0.3, 0.4) is 0 Å². The Morgan fingerprint density at radius 1 is 0.469 bits per heavy atom. The highest BCUT2D eigenvalue weighted by Crippen LogP contribution is 2.28. The third-order valence-corrected chi connectivity index (χ3v) is 9.73. The van der Waals surface area contributed by atoms with Crippen LogP contribution in [0.15, 0.2) is 121 Å². The van der Waals surface area contributed by atoms with Gasteiger partial charge in [0.25, 0.3) is 0 Å². The molecule has 0 aliphatic heterocycles. The molecular weight excluding hydrogens is 623 g/mol. The Bertz CT molecular complexity index is 1350. The fourth-order valence-electron chi connectivity index (χ4n) is 3.15. The van der Waals surface area contributed by atoms with Crippen molar-refractivity contribution in [2.24, 2.45) is 0 Å². The lowest BCUT2D eigenvalue weighted by molar-refractivity contribution is 0.594. The molecule has 4 nitrogen and oxygen atoms in total. The molecule has 0 aliphatic rings. The highest BCUT2D eigenvalue weighted by molar-refractivity contribution is 14.1. The second kappa shape index (κ2) is 9.09. The SMILES string of the molecule is O=S(=O)(c1ccc(Br)cc1)c1ccc(-c2ccc(S(=O)(=O)c3ccc(I)cc3)cc2)cc1. The molecule has 0 saturated carbocycles. The second-order valence-corrected chi connectivity index (χ2v) is 13.0. The lowest BCUT2D eigenvalue weighted by Gasteiger charge is -2.08. The normalized spacial score (nSPS) is 11.9. The molecule has 0 heterocycles. The van der Waals surface area contributed by atoms with Gasteiger partial charge in [0.1, 0.15) is 0 Å². The van der Waals surface area contributed by atoms with Crippen LogP contribution >= 0.6 is 38.5 Å². The van der Waals surface area contributed by atoms with E-state index in [2.05, 4.69) is 38.5 Å². The molecular formula is C24H16BrIO4S2. The topological polar surface area (TPSA) is 68.3 Å². The summed E-state index contributed by atoms with van der Waals surface area (Å²) in [6, 6.07) is 26.3. The number of hydrogen-bond acceptors (Lipinski definition) is 4. The van der Waals surface area contributed by atoms with Crippen LogP contribution in [0.1, 0.15) is 0 Å². The van der Waals surface area contributed by atoms with Crippen LogP contribution in [0.4, 0.5) is 0 Å². The van der Waals surface area contributed by atoms with Gasteiger partial charge in [0.15, 0.2) is 0 Å². The number of halogens is 2. The third-order valence-electron chi connectivity index (χ3n) is 4.91. The molecule has 4 rings (SSSR count). The number of benzene rings is 4. The predicted molar refractivity (Wildman–Crippen MR) is 136 cm³/mol. The predicted octanol–water partition coefficient (Wildman–Crippen LogP) is 6.39. The smallest absolute Gasteiger partial charge is 0.206 e. The summed E-state index contributed by atoms with van der Waals surface area (Å²) in [6.45, 7) is 0. The number of sulfone groups is 2. The van der Waals surface area contributed by atoms with Gasteiger partial charge >= 0.3 is 0 Å². The molecule has 0 amide bonds. The lowest BCUT2D eigenvalue weighted by Crippen LogP contribution is -2.02. The molecule has 0 N–H and O–H groups in total. The van der Waals surface area contributed by atoms with E-state index in [0.717, 1.165) is 19.2 Å². The Morgan fingerprint density at radius 3 is 1.09 bits per heavy atom. The first kappa shape index (κ1) is 23.2. The standard InChI is InChI=1S/C24H16BrIO4S2/c25-19-5-13-23(14-6-19)31(27,28)21-9-1-17(2-10-21)18-3-11-22(12-4-18)32(29,30)24-15-7-20(26)8-16-24/h1-16H. The molecule has 8 heteroatoms. The van der Waals surface area contributed by atoms with Crippen LogP contribution < -0.4 is 0 Å². The molecule has 0 atom stereocenters. The fourth-order valence-corrected chi connectivity index (χ4v) is 6.30. The molecule has 162 valence electrons. The van der Waals surface area contributed by atoms with Gasteiger partial charge in [0.05, 0.1) is 19.6 Å². The van der Waals surface area contributed by atoms with E-state index in [-0.39, 0.29) is 19.6 Å². The van der Waals surface area contributed by atoms with E-state index in [1.165, 1.54) is 0 Å². The Hall–Kier alpha value is -2.01. The first-order valence-electron chi connectivity index (χ1n) is 9.40. The van der Waals surface area contributed by atoms with Crippen LogP contribution in [0.5, 0.6) is 0 Å². The summed E-state index contributed by atoms with van der Waals surface area (Å²) < 4.78 is 53.1. The van der Waals surface area contributed by atoms with Gasteiger partial charge in [-0.05, 0) is 107 Å². The monoisotopic (exact) mass is 638 g/mol. The minimum Gasteiger partial charge on any atom is -0.219 e. The second-order valence-electron chi connectivity index (χ2n) is 6.96. The van der Waals surface area contributed by atoms with E-state index >= 15 is 0 Å². The minimum absolute atomic E-state index is 0.196. The zero-order valence-corrected chi connectivity index (χ0v) is 21.8. The van der Waals surface area contributed by atoms with Gasteiger partial charge < -0.3 is 0 Å². The van der Waals surface area contributed by atoms with E-state index in [1.807, 2.05) is 0 Å². The molecule has 0 fully saturated rings. The summed E-state index contributed by atoms with van der Waals surface area (Å²) in [7, 11) is -7.22. The molecule has 0 spiro atoms. The van der Waals surface area contributed by atoms with Crippen molar-refractivity contribution in [2.45, 2.75) is 19.6 Å². The minimum atomic E-state index is -3.62. The van der Waals surface area contributed by atoms with Gasteiger partial charge in [-0.2, -0.15) is 0 Å². The highest BCUT2D eigenvalue weighted by atomic mass is 127. The zero-order chi connectivity index (χ0) is 22.9. The first-order valence-corrected chi connectivity index (χ1v) is 14.2. The van der Waals surface area contributed by atoms with Crippen molar-refractivity contribution in [3.63, 3.8) is 0 Å². The van der Waals surface area contributed by atoms with Crippen molar-refractivity contribution in [3.8, 4) is 11.1 Å². The van der Waals surface area contributed by atoms with Crippen molar-refractivity contribution in [3.05, 3.63) is 105 Å². The van der Waals surface area contributed by atoms with Crippen molar-refractivity contribution in [1.82, 2.24) is 0 Å². The summed E-state index contributed by atoms with van der Waals surface area (Å²) in [5, 5.41) is 0. The molecule has 32 heavy (non-hydrogen) atoms. The Kier molecular flexibility index (Phi) is 6.58. The molecule has 0 radical (unpaired) electrons. The average molecular weight is 639 g/mol. The lowest BCUT2D eigenvalue weighted by atomic mass is 10.1. The van der Waals surface area contributed by atoms with Gasteiger partial charge in [-0.25, -0.2) is 16.8 Å². The summed E-state index contributed by atoms with van der Waals surface area (Å²) in [6.07, 6.45) is 0. The Labute approximate surface area is 209 Å². The van der Waals surface area contributed by atoms with Crippen LogP contribution in [0.25, 0.3) is 11.1 Å². The van der Waals surface area contributed by atoms with Crippen molar-refractivity contribution in [1.29, 1.82) is 0 Å². The van der Waals surface area contributed by atoms with Crippen LogP contribution in [0.2, 0.25) is 0 Å². The molecule has 0 bridgehead atoms.